The van der Waals surface area contributed by atoms with E-state index in [1.807, 2.05) is 29.5 Å². The largest absolute Gasteiger partial charge is 0.228 e. The molecule has 0 saturated heterocycles. The van der Waals surface area contributed by atoms with Gasteiger partial charge in [-0.2, -0.15) is 0 Å². The van der Waals surface area contributed by atoms with Gasteiger partial charge in [-0.05, 0) is 92.4 Å². The van der Waals surface area contributed by atoms with E-state index < -0.39 is 0 Å². The number of hydrogen-bond donors (Lipinski definition) is 0. The molecule has 2 heterocycles. The van der Waals surface area contributed by atoms with Gasteiger partial charge in [0.1, 0.15) is 0 Å². The fraction of sp³-hybridized carbons (Fsp3) is 0.0333. The summed E-state index contributed by atoms with van der Waals surface area (Å²) in [5.41, 5.74) is 18.3. The molecule has 0 spiro atoms. The Morgan fingerprint density at radius 3 is 1.71 bits per heavy atom. The van der Waals surface area contributed by atoms with Crippen LogP contribution in [0.5, 0.6) is 0 Å². The van der Waals surface area contributed by atoms with E-state index in [1.165, 1.54) is 75.8 Å². The molecule has 9 aromatic carbocycles. The Kier molecular flexibility index (Phi) is 8.84. The van der Waals surface area contributed by atoms with Crippen LogP contribution in [0.2, 0.25) is 0 Å². The molecule has 63 heavy (non-hydrogen) atoms. The highest BCUT2D eigenvalue weighted by Crippen LogP contribution is 2.56. The lowest BCUT2D eigenvalue weighted by Gasteiger charge is -2.29. The summed E-state index contributed by atoms with van der Waals surface area (Å²) in [5, 5.41) is 2.62. The number of aromatic nitrogens is 2. The van der Waals surface area contributed by atoms with Gasteiger partial charge in [-0.1, -0.05) is 200 Å². The molecule has 0 saturated carbocycles. The van der Waals surface area contributed by atoms with Gasteiger partial charge in [0, 0.05) is 42.3 Å². The van der Waals surface area contributed by atoms with Crippen LogP contribution in [0, 0.1) is 0 Å². The average Bonchev–Trinajstić information content (AvgIpc) is 3.88. The van der Waals surface area contributed by atoms with E-state index in [9.17, 15) is 0 Å². The van der Waals surface area contributed by atoms with Crippen molar-refractivity contribution in [2.45, 2.75) is 12.3 Å². The fourth-order valence-electron chi connectivity index (χ4n) is 9.81. The predicted octanol–water partition coefficient (Wildman–Crippen LogP) is 16.2. The van der Waals surface area contributed by atoms with Crippen molar-refractivity contribution in [3.05, 3.63) is 241 Å². The molecule has 296 valence electrons. The lowest BCUT2D eigenvalue weighted by Crippen LogP contribution is -2.22. The first-order valence-electron chi connectivity index (χ1n) is 21.6. The summed E-state index contributed by atoms with van der Waals surface area (Å²) in [6, 6.07) is 81.1. The van der Waals surface area contributed by atoms with Crippen LogP contribution in [-0.2, 0) is 5.41 Å². The molecule has 2 aromatic heterocycles. The summed E-state index contributed by atoms with van der Waals surface area (Å²) in [6.45, 7) is 2.40. The van der Waals surface area contributed by atoms with Crippen LogP contribution in [0.25, 0.3) is 98.6 Å². The standard InChI is InChI=1S/C60H40N2S/c1-60(46-22-9-4-10-23-46)52-28-15-25-47(39-16-5-2-6-17-39)57(52)51-35-34-44(37-53(51)60)43-20-13-21-45(36-43)55-38-54(61-59(62-55)42-18-7-3-8-19-42)41-32-30-40(31-33-41)48-26-14-27-50-49-24-11-12-29-56(49)63-58(48)50/h2-38H,1H3. The molecule has 0 fully saturated rings. The molecular weight excluding hydrogens is 781 g/mol. The summed E-state index contributed by atoms with van der Waals surface area (Å²) in [7, 11) is 0. The third-order valence-corrected chi connectivity index (χ3v) is 14.2. The predicted molar refractivity (Wildman–Crippen MR) is 265 cm³/mol. The maximum atomic E-state index is 5.23. The lowest BCUT2D eigenvalue weighted by atomic mass is 9.73. The minimum absolute atomic E-state index is 0.337. The van der Waals surface area contributed by atoms with Crippen molar-refractivity contribution in [1.82, 2.24) is 9.97 Å². The normalized spacial score (nSPS) is 14.2. The third kappa shape index (κ3) is 6.23. The Labute approximate surface area is 371 Å². The topological polar surface area (TPSA) is 25.8 Å². The van der Waals surface area contributed by atoms with Crippen molar-refractivity contribution >= 4 is 31.5 Å². The first-order valence-corrected chi connectivity index (χ1v) is 22.4. The number of fused-ring (bicyclic) bond motifs is 6. The van der Waals surface area contributed by atoms with Gasteiger partial charge in [-0.25, -0.2) is 9.97 Å². The van der Waals surface area contributed by atoms with Crippen molar-refractivity contribution in [2.75, 3.05) is 0 Å². The Morgan fingerprint density at radius 2 is 0.921 bits per heavy atom. The molecule has 0 amide bonds. The molecule has 0 N–H and O–H groups in total. The van der Waals surface area contributed by atoms with Crippen LogP contribution in [0.3, 0.4) is 0 Å². The van der Waals surface area contributed by atoms with E-state index >= 15 is 0 Å². The lowest BCUT2D eigenvalue weighted by molar-refractivity contribution is 0.714. The van der Waals surface area contributed by atoms with Gasteiger partial charge in [0.15, 0.2) is 5.82 Å². The molecule has 0 radical (unpaired) electrons. The number of nitrogens with zero attached hydrogens (tertiary/aromatic N) is 2. The van der Waals surface area contributed by atoms with E-state index in [0.717, 1.165) is 33.6 Å². The second-order valence-electron chi connectivity index (χ2n) is 16.6. The zero-order valence-corrected chi connectivity index (χ0v) is 35.5. The zero-order valence-electron chi connectivity index (χ0n) is 34.7. The third-order valence-electron chi connectivity index (χ3n) is 13.0. The molecule has 11 aromatic rings. The average molecular weight is 821 g/mol. The molecule has 1 unspecified atom stereocenters. The van der Waals surface area contributed by atoms with Crippen LogP contribution in [0.1, 0.15) is 23.6 Å². The Balaban J connectivity index is 0.954. The van der Waals surface area contributed by atoms with Gasteiger partial charge < -0.3 is 0 Å². The van der Waals surface area contributed by atoms with Crippen LogP contribution < -0.4 is 0 Å². The highest BCUT2D eigenvalue weighted by molar-refractivity contribution is 7.26. The molecule has 2 nitrogen and oxygen atoms in total. The first kappa shape index (κ1) is 37.1. The maximum absolute atomic E-state index is 5.23. The SMILES string of the molecule is CC1(c2ccccc2)c2cc(-c3cccc(-c4cc(-c5ccc(-c6cccc7c6sc6ccccc67)cc5)nc(-c5ccccc5)n4)c3)ccc2-c2c(-c3ccccc3)cccc21. The van der Waals surface area contributed by atoms with Crippen molar-refractivity contribution in [3.8, 4) is 78.4 Å². The zero-order chi connectivity index (χ0) is 41.9. The van der Waals surface area contributed by atoms with Gasteiger partial charge in [0.25, 0.3) is 0 Å². The Morgan fingerprint density at radius 1 is 0.365 bits per heavy atom. The molecule has 1 atom stereocenters. The van der Waals surface area contributed by atoms with Crippen LogP contribution in [-0.4, -0.2) is 9.97 Å². The number of benzene rings is 9. The van der Waals surface area contributed by atoms with Crippen molar-refractivity contribution in [1.29, 1.82) is 0 Å². The van der Waals surface area contributed by atoms with Crippen molar-refractivity contribution < 1.29 is 0 Å². The first-order chi connectivity index (χ1) is 31.1. The van der Waals surface area contributed by atoms with E-state index in [4.69, 9.17) is 9.97 Å². The van der Waals surface area contributed by atoms with Gasteiger partial charge in [-0.15, -0.1) is 11.3 Å². The molecule has 0 bridgehead atoms. The van der Waals surface area contributed by atoms with E-state index in [2.05, 4.69) is 213 Å². The summed E-state index contributed by atoms with van der Waals surface area (Å²) >= 11 is 1.86. The maximum Gasteiger partial charge on any atom is 0.160 e. The van der Waals surface area contributed by atoms with Gasteiger partial charge in [0.05, 0.1) is 11.4 Å². The summed E-state index contributed by atoms with van der Waals surface area (Å²) in [4.78, 5) is 10.4. The minimum Gasteiger partial charge on any atom is -0.228 e. The molecular formula is C60H40N2S. The summed E-state index contributed by atoms with van der Waals surface area (Å²) < 4.78 is 2.63. The molecule has 1 aliphatic carbocycles. The fourth-order valence-corrected chi connectivity index (χ4v) is 11.1. The molecule has 1 aliphatic rings. The van der Waals surface area contributed by atoms with Crippen molar-refractivity contribution in [2.24, 2.45) is 0 Å². The second kappa shape index (κ2) is 15.0. The Bertz CT molecular complexity index is 3500. The van der Waals surface area contributed by atoms with Crippen LogP contribution >= 0.6 is 11.3 Å². The highest BCUT2D eigenvalue weighted by Gasteiger charge is 2.42. The van der Waals surface area contributed by atoms with Crippen LogP contribution in [0.15, 0.2) is 224 Å². The monoisotopic (exact) mass is 820 g/mol. The smallest absolute Gasteiger partial charge is 0.160 e. The number of hydrogen-bond acceptors (Lipinski definition) is 3. The van der Waals surface area contributed by atoms with Gasteiger partial charge >= 0.3 is 0 Å². The van der Waals surface area contributed by atoms with E-state index in [0.29, 0.717) is 5.82 Å². The molecule has 0 aliphatic heterocycles. The summed E-state index contributed by atoms with van der Waals surface area (Å²) in [5.74, 6) is 0.704. The molecule has 3 heteroatoms. The van der Waals surface area contributed by atoms with Gasteiger partial charge in [0.2, 0.25) is 0 Å². The highest BCUT2D eigenvalue weighted by atomic mass is 32.1. The second-order valence-corrected chi connectivity index (χ2v) is 17.7. The van der Waals surface area contributed by atoms with E-state index in [1.54, 1.807) is 0 Å². The molecule has 12 rings (SSSR count). The summed E-state index contributed by atoms with van der Waals surface area (Å²) in [6.07, 6.45) is 0. The quantitative estimate of drug-likeness (QED) is 0.160. The van der Waals surface area contributed by atoms with E-state index in [-0.39, 0.29) is 5.41 Å². The minimum atomic E-state index is -0.337. The van der Waals surface area contributed by atoms with Crippen LogP contribution in [0.4, 0.5) is 0 Å². The Hall–Kier alpha value is -7.72. The van der Waals surface area contributed by atoms with Gasteiger partial charge in [-0.3, -0.25) is 0 Å². The number of rotatable bonds is 7. The van der Waals surface area contributed by atoms with Crippen molar-refractivity contribution in [3.63, 3.8) is 0 Å². The number of thiophene rings is 1.